The Hall–Kier alpha value is -3.12. The number of hydrogen-bond donors (Lipinski definition) is 0. The van der Waals surface area contributed by atoms with Crippen LogP contribution in [0.2, 0.25) is 0 Å². The highest BCUT2D eigenvalue weighted by Crippen LogP contribution is 2.38. The standard InChI is InChI=1S/C22H19N2O/c1-13-7-10-19(24(5)15(13)3)21-14(2)6-9-17-18-12-16(23-4)8-11-20(18)25-22(17)21/h6-12H,1-3,5H3/q+1/i1D3. The van der Waals surface area contributed by atoms with E-state index in [0.29, 0.717) is 16.9 Å². The van der Waals surface area contributed by atoms with Crippen LogP contribution in [0.4, 0.5) is 5.69 Å². The zero-order chi connectivity index (χ0) is 20.2. The van der Waals surface area contributed by atoms with E-state index in [1.165, 1.54) is 0 Å². The van der Waals surface area contributed by atoms with Crippen molar-refractivity contribution in [3.8, 4) is 11.3 Å². The average Bonchev–Trinajstić information content (AvgIpc) is 3.01. The third kappa shape index (κ3) is 2.22. The zero-order valence-electron chi connectivity index (χ0n) is 17.3. The first-order chi connectivity index (χ1) is 13.2. The van der Waals surface area contributed by atoms with Gasteiger partial charge in [0, 0.05) is 33.4 Å². The van der Waals surface area contributed by atoms with Crippen LogP contribution in [0.3, 0.4) is 0 Å². The van der Waals surface area contributed by atoms with Crippen LogP contribution < -0.4 is 4.57 Å². The smallest absolute Gasteiger partial charge is 0.216 e. The molecule has 2 aromatic carbocycles. The van der Waals surface area contributed by atoms with E-state index in [4.69, 9.17) is 15.1 Å². The Balaban J connectivity index is 2.06. The molecule has 122 valence electrons. The molecule has 0 spiro atoms. The summed E-state index contributed by atoms with van der Waals surface area (Å²) in [6, 6.07) is 13.0. The summed E-state index contributed by atoms with van der Waals surface area (Å²) in [6.45, 7) is 8.94. The number of rotatable bonds is 1. The minimum atomic E-state index is -2.16. The predicted molar refractivity (Wildman–Crippen MR) is 101 cm³/mol. The summed E-state index contributed by atoms with van der Waals surface area (Å²) in [7, 11) is 1.87. The molecule has 0 amide bonds. The Kier molecular flexibility index (Phi) is 2.68. The summed E-state index contributed by atoms with van der Waals surface area (Å²) in [5.74, 6) is 0. The molecule has 0 saturated heterocycles. The van der Waals surface area contributed by atoms with Crippen LogP contribution in [0.15, 0.2) is 46.9 Å². The van der Waals surface area contributed by atoms with Gasteiger partial charge in [-0.1, -0.05) is 18.2 Å². The van der Waals surface area contributed by atoms with Crippen molar-refractivity contribution >= 4 is 27.6 Å². The van der Waals surface area contributed by atoms with Gasteiger partial charge in [0.1, 0.15) is 18.2 Å². The van der Waals surface area contributed by atoms with E-state index in [1.54, 1.807) is 12.1 Å². The number of aromatic nitrogens is 1. The summed E-state index contributed by atoms with van der Waals surface area (Å²) >= 11 is 0. The Morgan fingerprint density at radius 1 is 1.04 bits per heavy atom. The number of benzene rings is 2. The third-order valence-corrected chi connectivity index (χ3v) is 4.88. The van der Waals surface area contributed by atoms with Crippen molar-refractivity contribution in [3.05, 3.63) is 70.7 Å². The van der Waals surface area contributed by atoms with Gasteiger partial charge in [0.2, 0.25) is 5.69 Å². The van der Waals surface area contributed by atoms with Gasteiger partial charge < -0.3 is 4.42 Å². The molecule has 0 aliphatic rings. The van der Waals surface area contributed by atoms with Gasteiger partial charge in [0.05, 0.1) is 12.1 Å². The first kappa shape index (κ1) is 12.3. The number of nitrogens with zero attached hydrogens (tertiary/aromatic N) is 2. The van der Waals surface area contributed by atoms with Crippen molar-refractivity contribution in [1.82, 2.24) is 0 Å². The second-order valence-electron chi connectivity index (χ2n) is 6.31. The predicted octanol–water partition coefficient (Wildman–Crippen LogP) is 5.55. The summed E-state index contributed by atoms with van der Waals surface area (Å²) in [4.78, 5) is 3.51. The van der Waals surface area contributed by atoms with E-state index in [1.807, 2.05) is 55.8 Å². The highest BCUT2D eigenvalue weighted by molar-refractivity contribution is 6.10. The molecule has 4 rings (SSSR count). The van der Waals surface area contributed by atoms with Crippen LogP contribution in [-0.4, -0.2) is 0 Å². The highest BCUT2D eigenvalue weighted by atomic mass is 16.3. The lowest BCUT2D eigenvalue weighted by molar-refractivity contribution is -0.667. The van der Waals surface area contributed by atoms with Crippen molar-refractivity contribution in [3.63, 3.8) is 0 Å². The van der Waals surface area contributed by atoms with Crippen molar-refractivity contribution in [2.75, 3.05) is 0 Å². The molecule has 0 aliphatic carbocycles. The van der Waals surface area contributed by atoms with Gasteiger partial charge in [-0.25, -0.2) is 4.85 Å². The SMILES string of the molecule is [2H]C([2H])([2H])c1ccc(-c2c(C)ccc3c2oc2ccc([N+]#[C-])cc23)[n+](C)c1C. The lowest BCUT2D eigenvalue weighted by atomic mass is 9.99. The number of fused-ring (bicyclic) bond motifs is 3. The molecule has 0 fully saturated rings. The molecular formula is C22H19N2O+. The second kappa shape index (κ2) is 5.46. The molecule has 0 bridgehead atoms. The lowest BCUT2D eigenvalue weighted by Crippen LogP contribution is -2.35. The normalized spacial score (nSPS) is 13.4. The molecule has 0 saturated carbocycles. The number of furan rings is 1. The average molecular weight is 330 g/mol. The topological polar surface area (TPSA) is 21.4 Å². The maximum atomic E-state index is 7.75. The lowest BCUT2D eigenvalue weighted by Gasteiger charge is -2.08. The van der Waals surface area contributed by atoms with E-state index in [9.17, 15) is 0 Å². The minimum absolute atomic E-state index is 0.342. The maximum absolute atomic E-state index is 7.75. The van der Waals surface area contributed by atoms with Crippen LogP contribution in [-0.2, 0) is 7.05 Å². The van der Waals surface area contributed by atoms with Gasteiger partial charge in [0.25, 0.3) is 0 Å². The molecule has 25 heavy (non-hydrogen) atoms. The number of hydrogen-bond acceptors (Lipinski definition) is 1. The monoisotopic (exact) mass is 330 g/mol. The first-order valence-electron chi connectivity index (χ1n) is 9.56. The highest BCUT2D eigenvalue weighted by Gasteiger charge is 2.22. The largest absolute Gasteiger partial charge is 0.455 e. The van der Waals surface area contributed by atoms with Gasteiger partial charge in [0.15, 0.2) is 11.4 Å². The summed E-state index contributed by atoms with van der Waals surface area (Å²) in [5, 5.41) is 1.85. The van der Waals surface area contributed by atoms with Crippen LogP contribution in [0, 0.1) is 27.3 Å². The summed E-state index contributed by atoms with van der Waals surface area (Å²) < 4.78 is 31.3. The van der Waals surface area contributed by atoms with E-state index >= 15 is 0 Å². The second-order valence-corrected chi connectivity index (χ2v) is 6.31. The first-order valence-corrected chi connectivity index (χ1v) is 8.06. The van der Waals surface area contributed by atoms with Crippen LogP contribution in [0.5, 0.6) is 0 Å². The van der Waals surface area contributed by atoms with Gasteiger partial charge in [-0.15, -0.1) is 0 Å². The van der Waals surface area contributed by atoms with Crippen LogP contribution >= 0.6 is 0 Å². The molecule has 0 aliphatic heterocycles. The quantitative estimate of drug-likeness (QED) is 0.331. The molecule has 0 N–H and O–H groups in total. The molecule has 2 heterocycles. The molecule has 4 aromatic rings. The third-order valence-electron chi connectivity index (χ3n) is 4.88. The summed E-state index contributed by atoms with van der Waals surface area (Å²) in [6.07, 6.45) is 0. The Bertz CT molecular complexity index is 1290. The fraction of sp³-hybridized carbons (Fsp3) is 0.182. The van der Waals surface area contributed by atoms with Crippen LogP contribution in [0.1, 0.15) is 20.9 Å². The van der Waals surface area contributed by atoms with E-state index in [2.05, 4.69) is 4.85 Å². The zero-order valence-corrected chi connectivity index (χ0v) is 14.3. The van der Waals surface area contributed by atoms with E-state index < -0.39 is 6.85 Å². The van der Waals surface area contributed by atoms with Crippen molar-refractivity contribution in [1.29, 1.82) is 0 Å². The molecule has 0 unspecified atom stereocenters. The van der Waals surface area contributed by atoms with Crippen molar-refractivity contribution < 1.29 is 13.1 Å². The Labute approximate surface area is 151 Å². The number of aryl methyl sites for hydroxylation is 2. The van der Waals surface area contributed by atoms with Gasteiger partial charge in [-0.05, 0) is 37.5 Å². The maximum Gasteiger partial charge on any atom is 0.216 e. The number of pyridine rings is 1. The van der Waals surface area contributed by atoms with Gasteiger partial charge >= 0.3 is 0 Å². The summed E-state index contributed by atoms with van der Waals surface area (Å²) in [5.41, 5.74) is 5.94. The van der Waals surface area contributed by atoms with E-state index in [0.717, 1.165) is 38.8 Å². The molecule has 3 nitrogen and oxygen atoms in total. The van der Waals surface area contributed by atoms with Crippen LogP contribution in [0.25, 0.3) is 38.0 Å². The van der Waals surface area contributed by atoms with Crippen molar-refractivity contribution in [2.45, 2.75) is 20.7 Å². The van der Waals surface area contributed by atoms with Gasteiger partial charge in [-0.3, -0.25) is 0 Å². The minimum Gasteiger partial charge on any atom is -0.455 e. The van der Waals surface area contributed by atoms with Crippen molar-refractivity contribution in [2.24, 2.45) is 7.05 Å². The van der Waals surface area contributed by atoms with Gasteiger partial charge in [-0.2, -0.15) is 4.57 Å². The molecule has 0 atom stereocenters. The fourth-order valence-corrected chi connectivity index (χ4v) is 3.32. The molecule has 0 radical (unpaired) electrons. The Morgan fingerprint density at radius 2 is 1.84 bits per heavy atom. The molecule has 2 aromatic heterocycles. The Morgan fingerprint density at radius 3 is 2.60 bits per heavy atom. The molecular weight excluding hydrogens is 308 g/mol. The fourth-order valence-electron chi connectivity index (χ4n) is 3.32. The van der Waals surface area contributed by atoms with E-state index in [-0.39, 0.29) is 0 Å². The molecule has 3 heteroatoms.